The zero-order valence-electron chi connectivity index (χ0n) is 10.7. The molecule has 0 atom stereocenters. The van der Waals surface area contributed by atoms with E-state index in [4.69, 9.17) is 6.42 Å². The Morgan fingerprint density at radius 1 is 0.889 bits per heavy atom. The van der Waals surface area contributed by atoms with Gasteiger partial charge in [-0.05, 0) is 0 Å². The fraction of sp³-hybridized carbons (Fsp3) is 0.222. The van der Waals surface area contributed by atoms with Crippen molar-refractivity contribution >= 4 is 0 Å². The number of rotatable bonds is 4. The van der Waals surface area contributed by atoms with Crippen LogP contribution in [0.15, 0.2) is 48.5 Å². The van der Waals surface area contributed by atoms with Crippen LogP contribution in [0.25, 0.3) is 11.1 Å². The Kier molecular flexibility index (Phi) is 4.39. The van der Waals surface area contributed by atoms with Gasteiger partial charge in [-0.2, -0.15) is 0 Å². The van der Waals surface area contributed by atoms with E-state index in [1.54, 1.807) is 0 Å². The van der Waals surface area contributed by atoms with Crippen LogP contribution in [0.1, 0.15) is 30.9 Å². The fourth-order valence-electron chi connectivity index (χ4n) is 1.99. The van der Waals surface area contributed by atoms with Crippen LogP contribution in [-0.2, 0) is 6.42 Å². The van der Waals surface area contributed by atoms with Gasteiger partial charge in [-0.15, -0.1) is 0 Å². The monoisotopic (exact) mass is 233 g/mol. The van der Waals surface area contributed by atoms with E-state index in [1.165, 1.54) is 36.0 Å². The van der Waals surface area contributed by atoms with E-state index < -0.39 is 0 Å². The van der Waals surface area contributed by atoms with Crippen LogP contribution in [0, 0.1) is 12.3 Å². The Bertz CT molecular complexity index is 524. The Morgan fingerprint density at radius 3 is 1.94 bits per heavy atom. The van der Waals surface area contributed by atoms with Crippen molar-refractivity contribution in [2.45, 2.75) is 26.2 Å². The van der Waals surface area contributed by atoms with Crippen LogP contribution in [-0.4, -0.2) is 0 Å². The molecule has 0 saturated carbocycles. The zero-order valence-corrected chi connectivity index (χ0v) is 10.7. The molecule has 0 fully saturated rings. The molecule has 2 aromatic rings. The Morgan fingerprint density at radius 2 is 1.44 bits per heavy atom. The van der Waals surface area contributed by atoms with Gasteiger partial charge in [0.25, 0.3) is 0 Å². The van der Waals surface area contributed by atoms with Crippen molar-refractivity contribution in [1.29, 1.82) is 0 Å². The van der Waals surface area contributed by atoms with Crippen LogP contribution >= 0.6 is 0 Å². The van der Waals surface area contributed by atoms with Gasteiger partial charge in [0.1, 0.15) is 0 Å². The van der Waals surface area contributed by atoms with Crippen LogP contribution in [0.2, 0.25) is 0 Å². The third kappa shape index (κ3) is 3.12. The van der Waals surface area contributed by atoms with Gasteiger partial charge in [0.05, 0.1) is 0 Å². The Labute approximate surface area is 110 Å². The van der Waals surface area contributed by atoms with Crippen molar-refractivity contribution < 1.29 is 0 Å². The molecule has 0 amide bonds. The summed E-state index contributed by atoms with van der Waals surface area (Å²) in [7, 11) is 0. The molecular formula is C18H17+. The summed E-state index contributed by atoms with van der Waals surface area (Å²) in [6, 6.07) is 16.7. The van der Waals surface area contributed by atoms with E-state index >= 15 is 0 Å². The maximum absolute atomic E-state index is 7.06. The number of benzene rings is 2. The summed E-state index contributed by atoms with van der Waals surface area (Å²) in [6.45, 7) is 2.22. The average Bonchev–Trinajstić information content (AvgIpc) is 2.46. The first-order valence-electron chi connectivity index (χ1n) is 6.45. The number of aryl methyl sites for hydroxylation is 1. The third-order valence-electron chi connectivity index (χ3n) is 3.14. The molecule has 2 aromatic carbocycles. The molecule has 18 heavy (non-hydrogen) atoms. The van der Waals surface area contributed by atoms with E-state index in [2.05, 4.69) is 37.1 Å². The number of hydrogen-bond donors (Lipinski definition) is 0. The fourth-order valence-corrected chi connectivity index (χ4v) is 1.99. The molecule has 0 nitrogen and oxygen atoms in total. The summed E-state index contributed by atoms with van der Waals surface area (Å²) in [5, 5.41) is 0. The molecule has 0 saturated heterocycles. The molecule has 0 spiro atoms. The van der Waals surface area contributed by atoms with Gasteiger partial charge in [0.15, 0.2) is 0 Å². The summed E-state index contributed by atoms with van der Waals surface area (Å²) in [6.07, 6.45) is 10.7. The first kappa shape index (κ1) is 12.7. The minimum absolute atomic E-state index is 0.818. The summed E-state index contributed by atoms with van der Waals surface area (Å²) in [5.74, 6) is 2.39. The average molecular weight is 233 g/mol. The van der Waals surface area contributed by atoms with Crippen molar-refractivity contribution in [1.82, 2.24) is 0 Å². The predicted molar refractivity (Wildman–Crippen MR) is 76.7 cm³/mol. The second kappa shape index (κ2) is 6.23. The molecule has 0 aliphatic heterocycles. The zero-order chi connectivity index (χ0) is 12.8. The van der Waals surface area contributed by atoms with E-state index in [1.807, 2.05) is 24.3 Å². The van der Waals surface area contributed by atoms with Crippen molar-refractivity contribution in [3.05, 3.63) is 66.1 Å². The summed E-state index contributed by atoms with van der Waals surface area (Å²) >= 11 is 0. The van der Waals surface area contributed by atoms with Gasteiger partial charge in [0.2, 0.25) is 0 Å². The van der Waals surface area contributed by atoms with Crippen molar-refractivity contribution in [3.8, 4) is 17.0 Å². The van der Waals surface area contributed by atoms with Gasteiger partial charge in [0, 0.05) is 0 Å². The normalized spacial score (nSPS) is 10.2. The topological polar surface area (TPSA) is 0 Å². The molecule has 88 valence electrons. The summed E-state index contributed by atoms with van der Waals surface area (Å²) in [5.41, 5.74) is 4.64. The molecule has 0 heteroatoms. The van der Waals surface area contributed by atoms with Crippen LogP contribution in [0.5, 0.6) is 0 Å². The summed E-state index contributed by atoms with van der Waals surface area (Å²) < 4.78 is 0. The minimum atomic E-state index is 0.818. The SMILES string of the molecule is [C+]#Cc1ccc(-c2ccc(CCCC)cc2)cc1. The molecule has 2 rings (SSSR count). The van der Waals surface area contributed by atoms with Crippen LogP contribution in [0.4, 0.5) is 0 Å². The van der Waals surface area contributed by atoms with Gasteiger partial charge in [-0.3, -0.25) is 0 Å². The summed E-state index contributed by atoms with van der Waals surface area (Å²) in [4.78, 5) is 0. The van der Waals surface area contributed by atoms with Crippen molar-refractivity contribution in [3.63, 3.8) is 0 Å². The van der Waals surface area contributed by atoms with Gasteiger partial charge >= 0.3 is 102 Å². The maximum atomic E-state index is 7.06. The second-order valence-electron chi connectivity index (χ2n) is 4.50. The van der Waals surface area contributed by atoms with Gasteiger partial charge < -0.3 is 0 Å². The first-order valence-corrected chi connectivity index (χ1v) is 6.45. The molecule has 0 aliphatic carbocycles. The molecule has 0 radical (unpaired) electrons. The molecule has 0 heterocycles. The second-order valence-corrected chi connectivity index (χ2v) is 4.50. The number of hydrogen-bond acceptors (Lipinski definition) is 0. The number of unbranched alkanes of at least 4 members (excludes halogenated alkanes) is 1. The quantitative estimate of drug-likeness (QED) is 0.533. The van der Waals surface area contributed by atoms with Crippen molar-refractivity contribution in [2.75, 3.05) is 0 Å². The molecule has 0 bridgehead atoms. The Balaban J connectivity index is 2.15. The van der Waals surface area contributed by atoms with Gasteiger partial charge in [-0.1, -0.05) is 6.92 Å². The molecular weight excluding hydrogens is 216 g/mol. The predicted octanol–water partition coefficient (Wildman–Crippen LogP) is 4.63. The van der Waals surface area contributed by atoms with E-state index in [0.29, 0.717) is 0 Å². The van der Waals surface area contributed by atoms with Crippen LogP contribution < -0.4 is 0 Å². The first-order chi connectivity index (χ1) is 8.83. The third-order valence-corrected chi connectivity index (χ3v) is 3.14. The van der Waals surface area contributed by atoms with Gasteiger partial charge in [-0.25, -0.2) is 0 Å². The molecule has 0 N–H and O–H groups in total. The molecule has 0 aromatic heterocycles. The Hall–Kier alpha value is -1.78. The van der Waals surface area contributed by atoms with Crippen molar-refractivity contribution in [2.24, 2.45) is 0 Å². The van der Waals surface area contributed by atoms with E-state index in [9.17, 15) is 0 Å². The van der Waals surface area contributed by atoms with E-state index in [0.717, 1.165) is 5.56 Å². The standard InChI is InChI=1S/C18H17/c1-3-5-6-16-9-13-18(14-10-16)17-11-7-15(4-2)8-12-17/h7-14H,3,5-6H2,1H3/q+1. The molecule has 0 aliphatic rings. The van der Waals surface area contributed by atoms with Crippen LogP contribution in [0.3, 0.4) is 0 Å². The molecule has 0 unspecified atom stereocenters. The van der Waals surface area contributed by atoms with E-state index in [-0.39, 0.29) is 0 Å².